The van der Waals surface area contributed by atoms with Crippen molar-refractivity contribution in [2.45, 2.75) is 13.8 Å². The number of rotatable bonds is 4. The molecule has 0 saturated carbocycles. The van der Waals surface area contributed by atoms with Gasteiger partial charge in [-0.1, -0.05) is 24.3 Å². The van der Waals surface area contributed by atoms with Crippen molar-refractivity contribution in [2.24, 2.45) is 0 Å². The normalized spacial score (nSPS) is 15.3. The van der Waals surface area contributed by atoms with Gasteiger partial charge in [-0.25, -0.2) is 9.29 Å². The molecule has 0 aromatic heterocycles. The van der Waals surface area contributed by atoms with E-state index in [2.05, 4.69) is 5.32 Å². The van der Waals surface area contributed by atoms with Gasteiger partial charge in [0.25, 0.3) is 11.8 Å². The number of hydrogen-bond acceptors (Lipinski definition) is 5. The highest BCUT2D eigenvalue weighted by molar-refractivity contribution is 6.46. The number of carbonyl (C=O) groups excluding carboxylic acids is 2. The van der Waals surface area contributed by atoms with Gasteiger partial charge in [0.1, 0.15) is 24.7 Å². The minimum absolute atomic E-state index is 0.115. The van der Waals surface area contributed by atoms with Crippen molar-refractivity contribution in [2.75, 3.05) is 23.4 Å². The van der Waals surface area contributed by atoms with Crippen molar-refractivity contribution >= 4 is 28.8 Å². The van der Waals surface area contributed by atoms with Crippen molar-refractivity contribution < 1.29 is 23.5 Å². The van der Waals surface area contributed by atoms with Gasteiger partial charge in [-0.15, -0.1) is 0 Å². The van der Waals surface area contributed by atoms with Crippen molar-refractivity contribution in [3.63, 3.8) is 0 Å². The first-order chi connectivity index (χ1) is 15.9. The minimum atomic E-state index is -0.483. The SMILES string of the molecule is Cc1cccc(N2C(=O)C(Nc3ccc4c(c3)OCCO4)=C(c3ccc(F)cc3)C2=O)c1C. The summed E-state index contributed by atoms with van der Waals surface area (Å²) in [4.78, 5) is 28.3. The standard InChI is InChI=1S/C26H21FN2O4/c1-15-4-3-5-20(16(15)2)29-25(30)23(17-6-8-18(27)9-7-17)24(26(29)31)28-19-10-11-21-22(14-19)33-13-12-32-21/h3-11,14,28H,12-13H2,1-2H3. The third kappa shape index (κ3) is 3.61. The molecule has 1 N–H and O–H groups in total. The van der Waals surface area contributed by atoms with Crippen LogP contribution in [0.25, 0.3) is 5.57 Å². The van der Waals surface area contributed by atoms with Crippen LogP contribution in [0.15, 0.2) is 66.4 Å². The average Bonchev–Trinajstić information content (AvgIpc) is 3.05. The van der Waals surface area contributed by atoms with Crippen LogP contribution >= 0.6 is 0 Å². The molecule has 0 atom stereocenters. The Morgan fingerprint density at radius 1 is 0.879 bits per heavy atom. The maximum Gasteiger partial charge on any atom is 0.282 e. The molecule has 166 valence electrons. The lowest BCUT2D eigenvalue weighted by Crippen LogP contribution is -2.33. The number of carbonyl (C=O) groups is 2. The van der Waals surface area contributed by atoms with Crippen molar-refractivity contribution in [1.29, 1.82) is 0 Å². The third-order valence-electron chi connectivity index (χ3n) is 5.85. The predicted octanol–water partition coefficient (Wildman–Crippen LogP) is 4.61. The summed E-state index contributed by atoms with van der Waals surface area (Å²) in [6.45, 7) is 4.69. The Morgan fingerprint density at radius 3 is 2.36 bits per heavy atom. The molecule has 3 aromatic rings. The third-order valence-corrected chi connectivity index (χ3v) is 5.85. The predicted molar refractivity (Wildman–Crippen MR) is 123 cm³/mol. The molecule has 0 fully saturated rings. The van der Waals surface area contributed by atoms with Gasteiger partial charge in [-0.05, 0) is 60.9 Å². The van der Waals surface area contributed by atoms with E-state index in [1.807, 2.05) is 26.0 Å². The molecule has 0 spiro atoms. The second-order valence-electron chi connectivity index (χ2n) is 7.91. The second-order valence-corrected chi connectivity index (χ2v) is 7.91. The molecule has 6 nitrogen and oxygen atoms in total. The number of ether oxygens (including phenoxy) is 2. The summed E-state index contributed by atoms with van der Waals surface area (Å²) in [5.41, 5.74) is 3.62. The first-order valence-electron chi connectivity index (χ1n) is 10.6. The number of halogens is 1. The Balaban J connectivity index is 1.60. The quantitative estimate of drug-likeness (QED) is 0.596. The number of anilines is 2. The molecule has 0 saturated heterocycles. The number of benzene rings is 3. The van der Waals surface area contributed by atoms with Crippen molar-refractivity contribution in [3.8, 4) is 11.5 Å². The van der Waals surface area contributed by atoms with Crippen LogP contribution in [0.1, 0.15) is 16.7 Å². The molecule has 33 heavy (non-hydrogen) atoms. The number of aryl methyl sites for hydroxylation is 1. The lowest BCUT2D eigenvalue weighted by Gasteiger charge is -2.20. The largest absolute Gasteiger partial charge is 0.486 e. The molecule has 0 unspecified atom stereocenters. The zero-order chi connectivity index (χ0) is 23.1. The molecule has 2 aliphatic heterocycles. The van der Waals surface area contributed by atoms with Crippen LogP contribution in [-0.4, -0.2) is 25.0 Å². The molecule has 5 rings (SSSR count). The van der Waals surface area contributed by atoms with E-state index in [0.29, 0.717) is 41.7 Å². The Hall–Kier alpha value is -4.13. The van der Waals surface area contributed by atoms with Gasteiger partial charge < -0.3 is 14.8 Å². The number of nitrogens with zero attached hydrogens (tertiary/aromatic N) is 1. The second kappa shape index (κ2) is 8.09. The van der Waals surface area contributed by atoms with Gasteiger partial charge in [0, 0.05) is 11.8 Å². The molecule has 0 bridgehead atoms. The molecular formula is C26H21FN2O4. The first-order valence-corrected chi connectivity index (χ1v) is 10.6. The highest BCUT2D eigenvalue weighted by Gasteiger charge is 2.41. The number of hydrogen-bond donors (Lipinski definition) is 1. The van der Waals surface area contributed by atoms with E-state index in [1.165, 1.54) is 29.2 Å². The molecule has 2 aliphatic rings. The Kier molecular flexibility index (Phi) is 5.09. The lowest BCUT2D eigenvalue weighted by molar-refractivity contribution is -0.120. The van der Waals surface area contributed by atoms with Crippen LogP contribution in [0.2, 0.25) is 0 Å². The Labute approximate surface area is 190 Å². The molecular weight excluding hydrogens is 423 g/mol. The number of amides is 2. The summed E-state index contributed by atoms with van der Waals surface area (Å²) in [5.74, 6) is -0.212. The van der Waals surface area contributed by atoms with Crippen molar-refractivity contribution in [1.82, 2.24) is 0 Å². The summed E-state index contributed by atoms with van der Waals surface area (Å²) in [7, 11) is 0. The molecule has 7 heteroatoms. The van der Waals surface area contributed by atoms with Gasteiger partial charge >= 0.3 is 0 Å². The van der Waals surface area contributed by atoms with Gasteiger partial charge in [0.15, 0.2) is 11.5 Å². The van der Waals surface area contributed by atoms with E-state index in [-0.39, 0.29) is 11.3 Å². The summed E-state index contributed by atoms with van der Waals surface area (Å²) < 4.78 is 24.8. The lowest BCUT2D eigenvalue weighted by atomic mass is 10.0. The fourth-order valence-electron chi connectivity index (χ4n) is 3.99. The van der Waals surface area contributed by atoms with E-state index >= 15 is 0 Å². The summed E-state index contributed by atoms with van der Waals surface area (Å²) in [6.07, 6.45) is 0. The summed E-state index contributed by atoms with van der Waals surface area (Å²) in [5, 5.41) is 3.11. The topological polar surface area (TPSA) is 67.9 Å². The molecule has 3 aromatic carbocycles. The van der Waals surface area contributed by atoms with E-state index in [1.54, 1.807) is 24.3 Å². The van der Waals surface area contributed by atoms with Crippen LogP contribution in [0.3, 0.4) is 0 Å². The van der Waals surface area contributed by atoms with Gasteiger partial charge in [-0.3, -0.25) is 9.59 Å². The monoisotopic (exact) mass is 444 g/mol. The van der Waals surface area contributed by atoms with E-state index in [0.717, 1.165) is 11.1 Å². The van der Waals surface area contributed by atoms with E-state index in [9.17, 15) is 14.0 Å². The molecule has 2 heterocycles. The highest BCUT2D eigenvalue weighted by atomic mass is 19.1. The molecule has 2 amide bonds. The molecule has 0 radical (unpaired) electrons. The first kappa shape index (κ1) is 20.8. The minimum Gasteiger partial charge on any atom is -0.486 e. The summed E-state index contributed by atoms with van der Waals surface area (Å²) >= 11 is 0. The van der Waals surface area contributed by atoms with Crippen LogP contribution in [-0.2, 0) is 9.59 Å². The number of imide groups is 1. The fraction of sp³-hybridized carbons (Fsp3) is 0.154. The van der Waals surface area contributed by atoms with Crippen LogP contribution < -0.4 is 19.7 Å². The number of fused-ring (bicyclic) bond motifs is 1. The summed E-state index contributed by atoms with van der Waals surface area (Å²) in [6, 6.07) is 16.2. The number of nitrogens with one attached hydrogen (secondary N) is 1. The maximum absolute atomic E-state index is 13.6. The Bertz CT molecular complexity index is 1310. The zero-order valence-corrected chi connectivity index (χ0v) is 18.1. The van der Waals surface area contributed by atoms with Gasteiger partial charge in [0.05, 0.1) is 11.3 Å². The average molecular weight is 444 g/mol. The van der Waals surface area contributed by atoms with Crippen molar-refractivity contribution in [3.05, 3.63) is 88.9 Å². The van der Waals surface area contributed by atoms with Crippen LogP contribution in [0.5, 0.6) is 11.5 Å². The van der Waals surface area contributed by atoms with Crippen LogP contribution in [0, 0.1) is 19.7 Å². The zero-order valence-electron chi connectivity index (χ0n) is 18.1. The fourth-order valence-corrected chi connectivity index (χ4v) is 3.99. The van der Waals surface area contributed by atoms with E-state index in [4.69, 9.17) is 9.47 Å². The van der Waals surface area contributed by atoms with Gasteiger partial charge in [-0.2, -0.15) is 0 Å². The molecule has 0 aliphatic carbocycles. The highest BCUT2D eigenvalue weighted by Crippen LogP contribution is 2.38. The van der Waals surface area contributed by atoms with Crippen LogP contribution in [0.4, 0.5) is 15.8 Å². The smallest absolute Gasteiger partial charge is 0.282 e. The maximum atomic E-state index is 13.6. The van der Waals surface area contributed by atoms with E-state index < -0.39 is 17.6 Å². The van der Waals surface area contributed by atoms with Gasteiger partial charge in [0.2, 0.25) is 0 Å². The Morgan fingerprint density at radius 2 is 1.61 bits per heavy atom.